The van der Waals surface area contributed by atoms with Crippen LogP contribution in [0.3, 0.4) is 0 Å². The summed E-state index contributed by atoms with van der Waals surface area (Å²) in [5.74, 6) is 2.69. The van der Waals surface area contributed by atoms with Crippen molar-refractivity contribution in [1.29, 1.82) is 0 Å². The molecule has 20 rings (SSSR count). The lowest BCUT2D eigenvalue weighted by Crippen LogP contribution is -2.56. The second-order valence-corrected chi connectivity index (χ2v) is 37.1. The molecular weight excluding hydrogens is 1310 g/mol. The van der Waals surface area contributed by atoms with Crippen molar-refractivity contribution in [1.82, 2.24) is 0 Å². The summed E-state index contributed by atoms with van der Waals surface area (Å²) in [7, 11) is 0. The Kier molecular flexibility index (Phi) is 15.3. The number of nitrogens with zero attached hydrogens (tertiary/aromatic N) is 4. The van der Waals surface area contributed by atoms with Crippen LogP contribution in [-0.2, 0) is 21.7 Å². The molecule has 4 heteroatoms. The van der Waals surface area contributed by atoms with Gasteiger partial charge in [-0.15, -0.1) is 0 Å². The van der Waals surface area contributed by atoms with E-state index in [9.17, 15) is 0 Å². The van der Waals surface area contributed by atoms with E-state index in [-0.39, 0.29) is 43.8 Å². The molecule has 4 fully saturated rings. The van der Waals surface area contributed by atoms with Gasteiger partial charge >= 0.3 is 0 Å². The lowest BCUT2D eigenvalue weighted by Gasteiger charge is -2.52. The number of benzene rings is 12. The van der Waals surface area contributed by atoms with E-state index in [1.54, 1.807) is 0 Å². The van der Waals surface area contributed by atoms with Gasteiger partial charge in [0, 0.05) is 67.2 Å². The summed E-state index contributed by atoms with van der Waals surface area (Å²) in [6.45, 7) is 30.8. The predicted molar refractivity (Wildman–Crippen MR) is 460 cm³/mol. The van der Waals surface area contributed by atoms with Crippen LogP contribution >= 0.6 is 0 Å². The first-order valence-corrected chi connectivity index (χ1v) is 42.1. The molecule has 0 aromatic heterocycles. The van der Waals surface area contributed by atoms with E-state index in [2.05, 4.69) is 333 Å². The zero-order chi connectivity index (χ0) is 73.8. The molecule has 0 spiro atoms. The predicted octanol–water partition coefficient (Wildman–Crippen LogP) is 28.8. The van der Waals surface area contributed by atoms with Crippen LogP contribution in [0.15, 0.2) is 231 Å². The molecule has 0 radical (unpaired) electrons. The normalized spacial score (nSPS) is 30.1. The van der Waals surface area contributed by atoms with Crippen LogP contribution in [0.1, 0.15) is 208 Å². The highest BCUT2D eigenvalue weighted by molar-refractivity contribution is 6.32. The van der Waals surface area contributed by atoms with E-state index in [0.29, 0.717) is 23.7 Å². The van der Waals surface area contributed by atoms with Crippen molar-refractivity contribution < 1.29 is 0 Å². The Hall–Kier alpha value is -9.12. The topological polar surface area (TPSA) is 13.0 Å². The van der Waals surface area contributed by atoms with Crippen LogP contribution in [-0.4, -0.2) is 22.2 Å². The highest BCUT2D eigenvalue weighted by atomic mass is 15.3. The summed E-state index contributed by atoms with van der Waals surface area (Å²) in [5, 5.41) is 8.07. The Morgan fingerprint density at radius 3 is 0.676 bits per heavy atom. The number of rotatable bonds is 12. The third-order valence-corrected chi connectivity index (χ3v) is 32.5. The summed E-state index contributed by atoms with van der Waals surface area (Å²) in [6.07, 6.45) is 19.2. The average Bonchev–Trinajstić information content (AvgIpc) is 1.17. The molecule has 4 aliphatic carbocycles. The van der Waals surface area contributed by atoms with Crippen LogP contribution in [0.4, 0.5) is 45.5 Å². The number of hydrogen-bond donors (Lipinski definition) is 0. The van der Waals surface area contributed by atoms with Crippen molar-refractivity contribution >= 4 is 77.8 Å². The molecule has 4 heterocycles. The number of anilines is 8. The number of para-hydroxylation sites is 4. The molecule has 4 saturated carbocycles. The van der Waals surface area contributed by atoms with Gasteiger partial charge in [-0.3, -0.25) is 0 Å². The van der Waals surface area contributed by atoms with Gasteiger partial charge in [0.2, 0.25) is 0 Å². The molecule has 0 saturated heterocycles. The molecule has 8 aliphatic rings. The molecule has 0 N–H and O–H groups in total. The van der Waals surface area contributed by atoms with Crippen molar-refractivity contribution in [2.75, 3.05) is 19.6 Å². The smallest absolute Gasteiger partial charge is 0.0518 e. The van der Waals surface area contributed by atoms with E-state index in [0.717, 1.165) is 25.7 Å². The van der Waals surface area contributed by atoms with Crippen molar-refractivity contribution in [3.05, 3.63) is 253 Å². The van der Waals surface area contributed by atoms with Gasteiger partial charge in [0.1, 0.15) is 0 Å². The highest BCUT2D eigenvalue weighted by Gasteiger charge is 2.63. The SMILES string of the molecule is CCC1CCC2(C)N(c3ccccc3)c3ccc(-c4cc(-c5ccc6c(c5)C5(C)CC(CC)CCC5(C)N6c5ccccc5)c5ccc6c(-c7ccc8c(c7)C7(C)CC(CC)CCC7(C)N8c7ccccc7)cc(-c7ccc8c(c7)C7(C)CC(CC)CCC7(C)N8c7ccccc7)c7ccc4c5c76)cc3C2(C)C1. The van der Waals surface area contributed by atoms with Gasteiger partial charge in [0.25, 0.3) is 0 Å². The maximum atomic E-state index is 2.77. The highest BCUT2D eigenvalue weighted by Crippen LogP contribution is 2.68. The molecule has 0 bridgehead atoms. The summed E-state index contributed by atoms with van der Waals surface area (Å²) < 4.78 is 0. The lowest BCUT2D eigenvalue weighted by molar-refractivity contribution is 0.143. The van der Waals surface area contributed by atoms with Crippen LogP contribution < -0.4 is 19.6 Å². The van der Waals surface area contributed by atoms with Crippen molar-refractivity contribution in [2.45, 2.75) is 230 Å². The maximum Gasteiger partial charge on any atom is 0.0518 e. The van der Waals surface area contributed by atoms with Crippen molar-refractivity contribution in [3.8, 4) is 44.5 Å². The molecule has 12 atom stereocenters. The largest absolute Gasteiger partial charge is 0.334 e. The zero-order valence-electron chi connectivity index (χ0n) is 66.4. The molecule has 12 aromatic carbocycles. The molecule has 12 aromatic rings. The van der Waals surface area contributed by atoms with Crippen LogP contribution in [0.5, 0.6) is 0 Å². The van der Waals surface area contributed by atoms with Gasteiger partial charge in [-0.2, -0.15) is 0 Å². The van der Waals surface area contributed by atoms with Gasteiger partial charge in [0.05, 0.1) is 22.2 Å². The summed E-state index contributed by atoms with van der Waals surface area (Å²) >= 11 is 0. The Morgan fingerprint density at radius 2 is 0.472 bits per heavy atom. The van der Waals surface area contributed by atoms with Gasteiger partial charge in [0.15, 0.2) is 0 Å². The van der Waals surface area contributed by atoms with Gasteiger partial charge in [-0.1, -0.05) is 202 Å². The maximum absolute atomic E-state index is 2.77. The monoisotopic (exact) mass is 1410 g/mol. The van der Waals surface area contributed by atoms with E-state index in [1.165, 1.54) is 222 Å². The third-order valence-electron chi connectivity index (χ3n) is 32.5. The van der Waals surface area contributed by atoms with Gasteiger partial charge < -0.3 is 19.6 Å². The van der Waals surface area contributed by atoms with Crippen LogP contribution in [0.2, 0.25) is 0 Å². The molecule has 108 heavy (non-hydrogen) atoms. The zero-order valence-corrected chi connectivity index (χ0v) is 66.4. The van der Waals surface area contributed by atoms with Crippen molar-refractivity contribution in [3.63, 3.8) is 0 Å². The molecule has 546 valence electrons. The Labute approximate surface area is 644 Å². The van der Waals surface area contributed by atoms with Crippen LogP contribution in [0, 0.1) is 23.7 Å². The fraction of sp³-hybridized carbons (Fsp3) is 0.385. The minimum Gasteiger partial charge on any atom is -0.334 e. The first-order valence-electron chi connectivity index (χ1n) is 42.1. The minimum absolute atomic E-state index is 0.0816. The Balaban J connectivity index is 0.880. The second-order valence-electron chi connectivity index (χ2n) is 37.1. The van der Waals surface area contributed by atoms with E-state index in [4.69, 9.17) is 0 Å². The van der Waals surface area contributed by atoms with E-state index in [1.807, 2.05) is 0 Å². The fourth-order valence-corrected chi connectivity index (χ4v) is 25.4. The fourth-order valence-electron chi connectivity index (χ4n) is 25.4. The minimum atomic E-state index is -0.0928. The number of fused-ring (bicyclic) bond motifs is 12. The molecule has 4 nitrogen and oxygen atoms in total. The number of hydrogen-bond acceptors (Lipinski definition) is 4. The Bertz CT molecular complexity index is 4890. The first kappa shape index (κ1) is 68.2. The quantitative estimate of drug-likeness (QED) is 0.113. The van der Waals surface area contributed by atoms with E-state index < -0.39 is 0 Å². The summed E-state index contributed by atoms with van der Waals surface area (Å²) in [5.41, 5.74) is 26.5. The lowest BCUT2D eigenvalue weighted by atomic mass is 9.58. The Morgan fingerprint density at radius 1 is 0.259 bits per heavy atom. The molecule has 0 amide bonds. The summed E-state index contributed by atoms with van der Waals surface area (Å²) in [6, 6.07) is 92.4. The second kappa shape index (κ2) is 24.2. The first-order chi connectivity index (χ1) is 52.3. The van der Waals surface area contributed by atoms with E-state index >= 15 is 0 Å². The third kappa shape index (κ3) is 9.10. The van der Waals surface area contributed by atoms with Crippen LogP contribution in [0.25, 0.3) is 76.8 Å². The van der Waals surface area contributed by atoms with Gasteiger partial charge in [-0.25, -0.2) is 0 Å². The average molecular weight is 1420 g/mol. The molecular formula is C104H110N4. The standard InChI is InChI=1S/C104H110N4/c1-13-67-49-53-101(9)97(5,63-67)87-57-71(37-45-91(87)105(101)75-29-21-17-22-30-75)83-61-84(72-38-46-92-88(58-72)98(6)64-68(14-2)50-54-102(98,10)106(92)76-31-23-18-24-32-76)80-43-44-82-86(74-40-48-94-90(60-74)100(8)66-70(16-4)52-56-104(100,12)108(94)78-35-27-20-28-36-78)62-85(81-42-41-79(83)95(80)96(81)82)73-39-47-93-89(59-73)99(7)65-69(15-3)51-55-103(99,11)107(93)77-33-25-19-26-34-77/h17-48,57-62,67-70H,13-16,49-56,63-66H2,1-12H3. The molecule has 12 unspecified atom stereocenters. The molecule has 4 aliphatic heterocycles. The summed E-state index contributed by atoms with van der Waals surface area (Å²) in [4.78, 5) is 11.1. The van der Waals surface area contributed by atoms with Crippen molar-refractivity contribution in [2.24, 2.45) is 23.7 Å². The van der Waals surface area contributed by atoms with Gasteiger partial charge in [-0.05, 0) is 337 Å².